The van der Waals surface area contributed by atoms with E-state index in [2.05, 4.69) is 33.8 Å². The van der Waals surface area contributed by atoms with E-state index in [1.165, 1.54) is 27.8 Å². The van der Waals surface area contributed by atoms with Crippen molar-refractivity contribution in [2.75, 3.05) is 0 Å². The van der Waals surface area contributed by atoms with Crippen molar-refractivity contribution in [3.05, 3.63) is 86.8 Å². The van der Waals surface area contributed by atoms with Crippen molar-refractivity contribution < 1.29 is 9.15 Å². The summed E-state index contributed by atoms with van der Waals surface area (Å²) in [5.74, 6) is 0.693. The monoisotopic (exact) mass is 358 g/mol. The number of benzene rings is 3. The van der Waals surface area contributed by atoms with Crippen LogP contribution in [0.15, 0.2) is 57.7 Å². The summed E-state index contributed by atoms with van der Waals surface area (Å²) in [6, 6.07) is 15.4. The molecule has 0 bridgehead atoms. The molecule has 0 fully saturated rings. The first-order valence-corrected chi connectivity index (χ1v) is 9.10. The van der Waals surface area contributed by atoms with Gasteiger partial charge in [-0.05, 0) is 79.1 Å². The predicted octanol–water partition coefficient (Wildman–Crippen LogP) is 5.76. The van der Waals surface area contributed by atoms with Crippen LogP contribution in [0.5, 0.6) is 5.75 Å². The van der Waals surface area contributed by atoms with Gasteiger partial charge in [-0.2, -0.15) is 0 Å². The Morgan fingerprint density at radius 2 is 1.48 bits per heavy atom. The Kier molecular flexibility index (Phi) is 4.23. The molecule has 1 heterocycles. The highest BCUT2D eigenvalue weighted by molar-refractivity contribution is 6.04. The Morgan fingerprint density at radius 3 is 2.19 bits per heavy atom. The Bertz CT molecular complexity index is 1210. The van der Waals surface area contributed by atoms with E-state index in [-0.39, 0.29) is 5.63 Å². The molecule has 0 N–H and O–H groups in total. The Balaban J connectivity index is 1.72. The highest BCUT2D eigenvalue weighted by Gasteiger charge is 2.11. The van der Waals surface area contributed by atoms with Crippen LogP contribution in [0.25, 0.3) is 21.7 Å². The predicted molar refractivity (Wildman–Crippen MR) is 110 cm³/mol. The fraction of sp³-hybridized carbons (Fsp3) is 0.208. The quantitative estimate of drug-likeness (QED) is 0.345. The molecule has 0 unspecified atom stereocenters. The largest absolute Gasteiger partial charge is 0.489 e. The fourth-order valence-corrected chi connectivity index (χ4v) is 3.62. The molecule has 0 saturated heterocycles. The summed E-state index contributed by atoms with van der Waals surface area (Å²) >= 11 is 0. The molecule has 3 nitrogen and oxygen atoms in total. The van der Waals surface area contributed by atoms with E-state index in [4.69, 9.17) is 9.15 Å². The average molecular weight is 358 g/mol. The van der Waals surface area contributed by atoms with Crippen LogP contribution < -0.4 is 10.4 Å². The number of aryl methyl sites for hydroxylation is 2. The number of hydrogen-bond donors (Lipinski definition) is 0. The minimum Gasteiger partial charge on any atom is -0.489 e. The average Bonchev–Trinajstić information content (AvgIpc) is 2.66. The second kappa shape index (κ2) is 6.58. The van der Waals surface area contributed by atoms with Gasteiger partial charge < -0.3 is 9.15 Å². The number of fused-ring (bicyclic) bond motifs is 3. The summed E-state index contributed by atoms with van der Waals surface area (Å²) in [6.45, 7) is 9.00. The molecule has 0 aliphatic heterocycles. The summed E-state index contributed by atoms with van der Waals surface area (Å²) in [4.78, 5) is 12.2. The molecule has 3 heteroatoms. The van der Waals surface area contributed by atoms with Gasteiger partial charge in [0, 0.05) is 11.5 Å². The topological polar surface area (TPSA) is 39.4 Å². The lowest BCUT2D eigenvalue weighted by molar-refractivity contribution is 0.304. The van der Waals surface area contributed by atoms with Crippen LogP contribution in [0.1, 0.15) is 27.8 Å². The minimum atomic E-state index is -0.323. The molecule has 0 amide bonds. The molecule has 27 heavy (non-hydrogen) atoms. The van der Waals surface area contributed by atoms with Gasteiger partial charge in [-0.3, -0.25) is 0 Å². The molecule has 0 aliphatic rings. The first-order valence-electron chi connectivity index (χ1n) is 9.10. The van der Waals surface area contributed by atoms with E-state index < -0.39 is 0 Å². The van der Waals surface area contributed by atoms with Gasteiger partial charge >= 0.3 is 5.63 Å². The number of rotatable bonds is 3. The zero-order chi connectivity index (χ0) is 19.1. The summed E-state index contributed by atoms with van der Waals surface area (Å²) in [5, 5.41) is 2.41. The minimum absolute atomic E-state index is 0.323. The molecule has 136 valence electrons. The van der Waals surface area contributed by atoms with Crippen LogP contribution in [0, 0.1) is 27.7 Å². The van der Waals surface area contributed by atoms with Gasteiger partial charge in [0.05, 0.1) is 5.39 Å². The van der Waals surface area contributed by atoms with Gasteiger partial charge in [0.15, 0.2) is 0 Å². The molecule has 0 atom stereocenters. The molecule has 0 saturated carbocycles. The van der Waals surface area contributed by atoms with E-state index in [1.54, 1.807) is 12.1 Å². The third-order valence-corrected chi connectivity index (χ3v) is 5.50. The highest BCUT2D eigenvalue weighted by Crippen LogP contribution is 2.28. The lowest BCUT2D eigenvalue weighted by atomic mass is 9.95. The summed E-state index contributed by atoms with van der Waals surface area (Å²) < 4.78 is 11.6. The van der Waals surface area contributed by atoms with Crippen molar-refractivity contribution in [1.82, 2.24) is 0 Å². The normalized spacial score (nSPS) is 11.3. The van der Waals surface area contributed by atoms with E-state index in [0.29, 0.717) is 23.3 Å². The molecular formula is C24H22O3. The zero-order valence-electron chi connectivity index (χ0n) is 16.1. The van der Waals surface area contributed by atoms with Crippen LogP contribution in [0.3, 0.4) is 0 Å². The third kappa shape index (κ3) is 2.99. The Hall–Kier alpha value is -3.07. The van der Waals surface area contributed by atoms with E-state index in [1.807, 2.05) is 30.3 Å². The standard InChI is InChI=1S/C24H22O3/c1-14-11-15(2)17(4)22(16(14)3)13-26-18-9-10-20-19-7-5-6-8-21(19)24(25)27-23(20)12-18/h5-12H,13H2,1-4H3. The van der Waals surface area contributed by atoms with Gasteiger partial charge in [0.2, 0.25) is 0 Å². The Morgan fingerprint density at radius 1 is 0.815 bits per heavy atom. The van der Waals surface area contributed by atoms with Crippen molar-refractivity contribution in [3.63, 3.8) is 0 Å². The maximum atomic E-state index is 12.2. The molecule has 3 aromatic carbocycles. The van der Waals surface area contributed by atoms with Crippen molar-refractivity contribution in [1.29, 1.82) is 0 Å². The van der Waals surface area contributed by atoms with Crippen molar-refractivity contribution in [3.8, 4) is 5.75 Å². The molecule has 0 radical (unpaired) electrons. The first kappa shape index (κ1) is 17.3. The van der Waals surface area contributed by atoms with Gasteiger partial charge in [0.1, 0.15) is 17.9 Å². The molecular weight excluding hydrogens is 336 g/mol. The van der Waals surface area contributed by atoms with Crippen LogP contribution in [0.4, 0.5) is 0 Å². The van der Waals surface area contributed by atoms with Crippen LogP contribution in [-0.4, -0.2) is 0 Å². The maximum Gasteiger partial charge on any atom is 0.344 e. The van der Waals surface area contributed by atoms with Gasteiger partial charge in [-0.15, -0.1) is 0 Å². The van der Waals surface area contributed by atoms with Crippen LogP contribution in [-0.2, 0) is 6.61 Å². The molecule has 1 aromatic heterocycles. The van der Waals surface area contributed by atoms with Crippen LogP contribution in [0.2, 0.25) is 0 Å². The smallest absolute Gasteiger partial charge is 0.344 e. The van der Waals surface area contributed by atoms with E-state index in [0.717, 1.165) is 10.8 Å². The van der Waals surface area contributed by atoms with E-state index in [9.17, 15) is 4.79 Å². The molecule has 0 aliphatic carbocycles. The SMILES string of the molecule is Cc1cc(C)c(C)c(COc2ccc3c(c2)oc(=O)c2ccccc23)c1C. The first-order chi connectivity index (χ1) is 13.0. The summed E-state index contributed by atoms with van der Waals surface area (Å²) in [6.07, 6.45) is 0. The molecule has 4 rings (SSSR count). The maximum absolute atomic E-state index is 12.2. The van der Waals surface area contributed by atoms with Crippen molar-refractivity contribution in [2.24, 2.45) is 0 Å². The van der Waals surface area contributed by atoms with Gasteiger partial charge in [-0.25, -0.2) is 4.79 Å². The lowest BCUT2D eigenvalue weighted by Gasteiger charge is -2.16. The van der Waals surface area contributed by atoms with Crippen LogP contribution >= 0.6 is 0 Å². The third-order valence-electron chi connectivity index (χ3n) is 5.50. The molecule has 0 spiro atoms. The number of hydrogen-bond acceptors (Lipinski definition) is 3. The number of ether oxygens (including phenoxy) is 1. The van der Waals surface area contributed by atoms with Gasteiger partial charge in [-0.1, -0.05) is 24.3 Å². The highest BCUT2D eigenvalue weighted by atomic mass is 16.5. The van der Waals surface area contributed by atoms with Crippen molar-refractivity contribution in [2.45, 2.75) is 34.3 Å². The van der Waals surface area contributed by atoms with E-state index >= 15 is 0 Å². The summed E-state index contributed by atoms with van der Waals surface area (Å²) in [5.41, 5.74) is 6.50. The second-order valence-electron chi connectivity index (χ2n) is 7.12. The fourth-order valence-electron chi connectivity index (χ4n) is 3.62. The van der Waals surface area contributed by atoms with Crippen molar-refractivity contribution >= 4 is 21.7 Å². The zero-order valence-corrected chi connectivity index (χ0v) is 16.1. The molecule has 4 aromatic rings. The lowest BCUT2D eigenvalue weighted by Crippen LogP contribution is -2.04. The Labute approximate surface area is 158 Å². The van der Waals surface area contributed by atoms with Gasteiger partial charge in [0.25, 0.3) is 0 Å². The summed E-state index contributed by atoms with van der Waals surface area (Å²) in [7, 11) is 0. The second-order valence-corrected chi connectivity index (χ2v) is 7.12.